The molecule has 0 aromatic carbocycles. The van der Waals surface area contributed by atoms with Crippen LogP contribution in [0.15, 0.2) is 0 Å². The Morgan fingerprint density at radius 3 is 1.81 bits per heavy atom. The molecule has 0 aliphatic heterocycles. The molecule has 0 aromatic rings. The highest BCUT2D eigenvalue weighted by molar-refractivity contribution is 8.16. The van der Waals surface area contributed by atoms with Crippen molar-refractivity contribution in [2.45, 2.75) is 43.2 Å². The molecule has 16 heavy (non-hydrogen) atoms. The number of rotatable bonds is 9. The lowest BCUT2D eigenvalue weighted by atomic mass is 10.1. The summed E-state index contributed by atoms with van der Waals surface area (Å²) in [6, 6.07) is 0. The molecule has 6 heteroatoms. The van der Waals surface area contributed by atoms with Gasteiger partial charge in [-0.2, -0.15) is 0 Å². The van der Waals surface area contributed by atoms with Crippen molar-refractivity contribution in [3.63, 3.8) is 0 Å². The first kappa shape index (κ1) is 16.5. The minimum atomic E-state index is -1.28. The van der Waals surface area contributed by atoms with Crippen molar-refractivity contribution >= 4 is 23.5 Å². The lowest BCUT2D eigenvalue weighted by Gasteiger charge is -2.24. The Morgan fingerprint density at radius 2 is 1.44 bits per heavy atom. The molecule has 4 nitrogen and oxygen atoms in total. The van der Waals surface area contributed by atoms with E-state index in [1.165, 1.54) is 0 Å². The molecule has 0 saturated carbocycles. The summed E-state index contributed by atoms with van der Waals surface area (Å²) in [4.78, 5) is 0. The molecular weight excluding hydrogens is 248 g/mol. The van der Waals surface area contributed by atoms with Gasteiger partial charge < -0.3 is 20.4 Å². The Hall–Kier alpha value is 0.540. The third-order valence-electron chi connectivity index (χ3n) is 2.11. The van der Waals surface area contributed by atoms with Crippen molar-refractivity contribution in [3.05, 3.63) is 0 Å². The lowest BCUT2D eigenvalue weighted by molar-refractivity contribution is -0.0769. The number of hydrogen-bond acceptors (Lipinski definition) is 6. The molecule has 0 aliphatic rings. The van der Waals surface area contributed by atoms with Crippen LogP contribution in [-0.2, 0) is 0 Å². The Balaban J connectivity index is 4.10. The van der Waals surface area contributed by atoms with Crippen LogP contribution in [0.2, 0.25) is 0 Å². The van der Waals surface area contributed by atoms with Crippen LogP contribution in [-0.4, -0.2) is 61.4 Å². The van der Waals surface area contributed by atoms with E-state index in [4.69, 9.17) is 5.11 Å². The summed E-state index contributed by atoms with van der Waals surface area (Å²) >= 11 is 3.43. The largest absolute Gasteiger partial charge is 0.394 e. The molecular formula is C10H22O4S2. The van der Waals surface area contributed by atoms with Gasteiger partial charge in [0.2, 0.25) is 0 Å². The molecule has 3 atom stereocenters. The molecule has 0 amide bonds. The summed E-state index contributed by atoms with van der Waals surface area (Å²) in [5, 5.41) is 37.0. The molecule has 0 fully saturated rings. The van der Waals surface area contributed by atoms with Gasteiger partial charge in [0.05, 0.1) is 17.3 Å². The zero-order valence-corrected chi connectivity index (χ0v) is 11.4. The first-order chi connectivity index (χ1) is 7.56. The molecule has 4 N–H and O–H groups in total. The van der Waals surface area contributed by atoms with Gasteiger partial charge >= 0.3 is 0 Å². The fourth-order valence-electron chi connectivity index (χ4n) is 1.26. The maximum absolute atomic E-state index is 9.70. The standard InChI is InChI=1S/C10H22O4S2/c1-3-15-9(16-4-2)5-7(12)10(14)8(13)6-11/h7-14H,3-6H2,1-2H3/t7-,8+,10-/m0/s1. The van der Waals surface area contributed by atoms with Gasteiger partial charge in [0.1, 0.15) is 12.2 Å². The van der Waals surface area contributed by atoms with E-state index in [9.17, 15) is 15.3 Å². The molecule has 0 radical (unpaired) electrons. The number of hydrogen-bond donors (Lipinski definition) is 4. The third-order valence-corrected chi connectivity index (χ3v) is 4.73. The van der Waals surface area contributed by atoms with Crippen LogP contribution < -0.4 is 0 Å². The maximum Gasteiger partial charge on any atom is 0.108 e. The van der Waals surface area contributed by atoms with E-state index in [1.807, 2.05) is 13.8 Å². The lowest BCUT2D eigenvalue weighted by Crippen LogP contribution is -2.40. The smallest absolute Gasteiger partial charge is 0.108 e. The molecule has 0 rings (SSSR count). The number of thioether (sulfide) groups is 2. The SMILES string of the molecule is CCSC(C[C@H](O)[C@H](O)[C@H](O)CO)SCC. The van der Waals surface area contributed by atoms with Gasteiger partial charge in [-0.1, -0.05) is 13.8 Å². The Bertz CT molecular complexity index is 165. The molecule has 0 saturated heterocycles. The minimum Gasteiger partial charge on any atom is -0.394 e. The Labute approximate surface area is 105 Å². The molecule has 0 heterocycles. The second kappa shape index (κ2) is 9.56. The molecule has 0 aliphatic carbocycles. The van der Waals surface area contributed by atoms with E-state index in [2.05, 4.69) is 0 Å². The van der Waals surface area contributed by atoms with Crippen molar-refractivity contribution in [3.8, 4) is 0 Å². The van der Waals surface area contributed by atoms with Gasteiger partial charge in [0.25, 0.3) is 0 Å². The second-order valence-corrected chi connectivity index (χ2v) is 6.64. The van der Waals surface area contributed by atoms with Crippen LogP contribution in [0.3, 0.4) is 0 Å². The molecule has 0 bridgehead atoms. The monoisotopic (exact) mass is 270 g/mol. The van der Waals surface area contributed by atoms with E-state index in [0.717, 1.165) is 11.5 Å². The van der Waals surface area contributed by atoms with Crippen LogP contribution in [0.5, 0.6) is 0 Å². The van der Waals surface area contributed by atoms with Crippen LogP contribution in [0.1, 0.15) is 20.3 Å². The van der Waals surface area contributed by atoms with Crippen molar-refractivity contribution in [1.29, 1.82) is 0 Å². The minimum absolute atomic E-state index is 0.213. The topological polar surface area (TPSA) is 80.9 Å². The fraction of sp³-hybridized carbons (Fsp3) is 1.00. The summed E-state index contributed by atoms with van der Waals surface area (Å²) in [7, 11) is 0. The van der Waals surface area contributed by atoms with E-state index in [1.54, 1.807) is 23.5 Å². The van der Waals surface area contributed by atoms with E-state index in [-0.39, 0.29) is 4.58 Å². The molecule has 0 aromatic heterocycles. The summed E-state index contributed by atoms with van der Waals surface area (Å²) in [6.07, 6.45) is -3.13. The summed E-state index contributed by atoms with van der Waals surface area (Å²) < 4.78 is 0.213. The number of aliphatic hydroxyl groups is 4. The predicted octanol–water partition coefficient (Wildman–Crippen LogP) is 0.284. The van der Waals surface area contributed by atoms with Crippen molar-refractivity contribution < 1.29 is 20.4 Å². The molecule has 0 unspecified atom stereocenters. The number of aliphatic hydroxyl groups excluding tert-OH is 4. The van der Waals surface area contributed by atoms with Gasteiger partial charge in [-0.3, -0.25) is 0 Å². The van der Waals surface area contributed by atoms with Crippen LogP contribution >= 0.6 is 23.5 Å². The predicted molar refractivity (Wildman–Crippen MR) is 69.8 cm³/mol. The zero-order chi connectivity index (χ0) is 12.6. The van der Waals surface area contributed by atoms with E-state index in [0.29, 0.717) is 6.42 Å². The van der Waals surface area contributed by atoms with Gasteiger partial charge in [0, 0.05) is 0 Å². The van der Waals surface area contributed by atoms with Gasteiger partial charge in [0.15, 0.2) is 0 Å². The van der Waals surface area contributed by atoms with Crippen LogP contribution in [0.4, 0.5) is 0 Å². The summed E-state index contributed by atoms with van der Waals surface area (Å²) in [5.41, 5.74) is 0. The average molecular weight is 270 g/mol. The fourth-order valence-corrected chi connectivity index (χ4v) is 3.87. The normalized spacial score (nSPS) is 17.4. The zero-order valence-electron chi connectivity index (χ0n) is 9.74. The van der Waals surface area contributed by atoms with E-state index < -0.39 is 24.9 Å². The third kappa shape index (κ3) is 6.32. The quantitative estimate of drug-likeness (QED) is 0.451. The van der Waals surface area contributed by atoms with Crippen molar-refractivity contribution in [2.75, 3.05) is 18.1 Å². The van der Waals surface area contributed by atoms with Gasteiger partial charge in [-0.15, -0.1) is 23.5 Å². The summed E-state index contributed by atoms with van der Waals surface area (Å²) in [6.45, 7) is 3.54. The first-order valence-corrected chi connectivity index (χ1v) is 7.54. The van der Waals surface area contributed by atoms with E-state index >= 15 is 0 Å². The van der Waals surface area contributed by atoms with Crippen LogP contribution in [0, 0.1) is 0 Å². The highest BCUT2D eigenvalue weighted by Gasteiger charge is 2.26. The average Bonchev–Trinajstić information content (AvgIpc) is 2.27. The summed E-state index contributed by atoms with van der Waals surface area (Å²) in [5.74, 6) is 1.89. The maximum atomic E-state index is 9.70. The highest BCUT2D eigenvalue weighted by Crippen LogP contribution is 2.28. The van der Waals surface area contributed by atoms with Crippen molar-refractivity contribution in [2.24, 2.45) is 0 Å². The molecule has 0 spiro atoms. The van der Waals surface area contributed by atoms with Crippen molar-refractivity contribution in [1.82, 2.24) is 0 Å². The van der Waals surface area contributed by atoms with Gasteiger partial charge in [-0.05, 0) is 17.9 Å². The Kier molecular flexibility index (Phi) is 9.88. The van der Waals surface area contributed by atoms with Crippen LogP contribution in [0.25, 0.3) is 0 Å². The highest BCUT2D eigenvalue weighted by atomic mass is 32.2. The second-order valence-electron chi connectivity index (χ2n) is 3.38. The molecule has 98 valence electrons. The van der Waals surface area contributed by atoms with Gasteiger partial charge in [-0.25, -0.2) is 0 Å². The Morgan fingerprint density at radius 1 is 0.938 bits per heavy atom. The first-order valence-electron chi connectivity index (χ1n) is 5.45.